The van der Waals surface area contributed by atoms with Gasteiger partial charge in [-0.1, -0.05) is 43.7 Å². The SMILES string of the molecule is CCCCn1c(-c2cccc(S(=O)(=O)N3C[C@H](C)O[C@@H](C)C3)c2)csc1=Nc1ccccc1. The van der Waals surface area contributed by atoms with E-state index in [1.54, 1.807) is 27.8 Å². The molecule has 3 aromatic rings. The van der Waals surface area contributed by atoms with Gasteiger partial charge in [0.1, 0.15) is 0 Å². The molecule has 0 radical (unpaired) electrons. The minimum atomic E-state index is -3.61. The lowest BCUT2D eigenvalue weighted by molar-refractivity contribution is -0.0440. The fraction of sp³-hybridized carbons (Fsp3) is 0.400. The number of aromatic nitrogens is 1. The van der Waals surface area contributed by atoms with Crippen molar-refractivity contribution < 1.29 is 13.2 Å². The second kappa shape index (κ2) is 10.3. The molecule has 0 amide bonds. The highest BCUT2D eigenvalue weighted by molar-refractivity contribution is 7.89. The van der Waals surface area contributed by atoms with Gasteiger partial charge in [0, 0.05) is 30.6 Å². The van der Waals surface area contributed by atoms with Gasteiger partial charge in [0.25, 0.3) is 0 Å². The van der Waals surface area contributed by atoms with Gasteiger partial charge in [-0.3, -0.25) is 0 Å². The van der Waals surface area contributed by atoms with Gasteiger partial charge in [-0.05, 0) is 44.5 Å². The quantitative estimate of drug-likeness (QED) is 0.471. The molecule has 176 valence electrons. The predicted octanol–water partition coefficient (Wildman–Crippen LogP) is 5.05. The minimum absolute atomic E-state index is 0.123. The summed E-state index contributed by atoms with van der Waals surface area (Å²) >= 11 is 1.58. The van der Waals surface area contributed by atoms with Crippen LogP contribution in [-0.2, 0) is 21.3 Å². The third-order valence-electron chi connectivity index (χ3n) is 5.67. The highest BCUT2D eigenvalue weighted by Crippen LogP contribution is 2.27. The largest absolute Gasteiger partial charge is 0.373 e. The maximum Gasteiger partial charge on any atom is 0.243 e. The third kappa shape index (κ3) is 5.46. The Morgan fingerprint density at radius 2 is 1.79 bits per heavy atom. The summed E-state index contributed by atoms with van der Waals surface area (Å²) in [7, 11) is -3.61. The zero-order valence-corrected chi connectivity index (χ0v) is 21.0. The number of rotatable bonds is 7. The van der Waals surface area contributed by atoms with E-state index >= 15 is 0 Å². The van der Waals surface area contributed by atoms with Crippen LogP contribution in [0.1, 0.15) is 33.6 Å². The van der Waals surface area contributed by atoms with Crippen molar-refractivity contribution in [1.29, 1.82) is 0 Å². The molecule has 2 atom stereocenters. The summed E-state index contributed by atoms with van der Waals surface area (Å²) < 4.78 is 36.3. The van der Waals surface area contributed by atoms with Gasteiger partial charge in [0.2, 0.25) is 10.0 Å². The second-order valence-electron chi connectivity index (χ2n) is 8.46. The summed E-state index contributed by atoms with van der Waals surface area (Å²) in [6.45, 7) is 7.55. The smallest absolute Gasteiger partial charge is 0.243 e. The van der Waals surface area contributed by atoms with E-state index in [9.17, 15) is 8.42 Å². The Hall–Kier alpha value is -2.26. The topological polar surface area (TPSA) is 63.9 Å². The molecule has 1 saturated heterocycles. The number of thiazole rings is 1. The van der Waals surface area contributed by atoms with Gasteiger partial charge in [-0.25, -0.2) is 13.4 Å². The summed E-state index contributed by atoms with van der Waals surface area (Å²) in [4.78, 5) is 6.07. The lowest BCUT2D eigenvalue weighted by atomic mass is 10.1. The van der Waals surface area contributed by atoms with Gasteiger partial charge in [-0.2, -0.15) is 4.31 Å². The summed E-state index contributed by atoms with van der Waals surface area (Å²) in [6.07, 6.45) is 1.84. The zero-order valence-electron chi connectivity index (χ0n) is 19.3. The Balaban J connectivity index is 1.73. The average Bonchev–Trinajstić information content (AvgIpc) is 3.20. The average molecular weight is 486 g/mol. The van der Waals surface area contributed by atoms with Gasteiger partial charge >= 0.3 is 0 Å². The Morgan fingerprint density at radius 3 is 2.48 bits per heavy atom. The maximum absolute atomic E-state index is 13.4. The first kappa shape index (κ1) is 23.9. The Morgan fingerprint density at radius 1 is 1.06 bits per heavy atom. The number of ether oxygens (including phenoxy) is 1. The fourth-order valence-electron chi connectivity index (χ4n) is 4.09. The van der Waals surface area contributed by atoms with Crippen molar-refractivity contribution in [1.82, 2.24) is 8.87 Å². The standard InChI is InChI=1S/C25H31N3O3S2/c1-4-5-14-28-24(18-32-25(28)26-22-11-7-6-8-12-22)21-10-9-13-23(15-21)33(29,30)27-16-19(2)31-20(3)17-27/h6-13,15,18-20H,4-5,14,16-17H2,1-3H3/t19-,20-/m0/s1. The van der Waals surface area contributed by atoms with Gasteiger partial charge in [0.15, 0.2) is 4.80 Å². The first-order valence-corrected chi connectivity index (χ1v) is 13.7. The fourth-order valence-corrected chi connectivity index (χ4v) is 6.68. The molecule has 2 heterocycles. The van der Waals surface area contributed by atoms with Crippen molar-refractivity contribution in [3.63, 3.8) is 0 Å². The lowest BCUT2D eigenvalue weighted by Gasteiger charge is -2.34. The van der Waals surface area contributed by atoms with E-state index in [0.29, 0.717) is 18.0 Å². The normalized spacial score (nSPS) is 20.3. The predicted molar refractivity (Wildman–Crippen MR) is 133 cm³/mol. The van der Waals surface area contributed by atoms with Crippen LogP contribution in [0.4, 0.5) is 5.69 Å². The monoisotopic (exact) mass is 485 g/mol. The Labute approximate surface area is 200 Å². The number of unbranched alkanes of at least 4 members (excludes halogenated alkanes) is 1. The van der Waals surface area contributed by atoms with Crippen LogP contribution in [0.15, 0.2) is 69.9 Å². The zero-order chi connectivity index (χ0) is 23.4. The molecule has 0 saturated carbocycles. The number of hydrogen-bond acceptors (Lipinski definition) is 5. The molecule has 33 heavy (non-hydrogen) atoms. The van der Waals surface area contributed by atoms with Gasteiger partial charge in [0.05, 0.1) is 28.5 Å². The van der Waals surface area contributed by atoms with Gasteiger partial charge in [-0.15, -0.1) is 11.3 Å². The van der Waals surface area contributed by atoms with E-state index < -0.39 is 10.0 Å². The molecule has 1 fully saturated rings. The van der Waals surface area contributed by atoms with Crippen molar-refractivity contribution in [2.45, 2.75) is 57.3 Å². The van der Waals surface area contributed by atoms with Crippen LogP contribution in [0.2, 0.25) is 0 Å². The molecule has 0 unspecified atom stereocenters. The van der Waals surface area contributed by atoms with Crippen molar-refractivity contribution in [3.8, 4) is 11.3 Å². The minimum Gasteiger partial charge on any atom is -0.373 e. The number of nitrogens with zero attached hydrogens (tertiary/aromatic N) is 3. The number of para-hydroxylation sites is 1. The highest BCUT2D eigenvalue weighted by Gasteiger charge is 2.32. The van der Waals surface area contributed by atoms with E-state index in [2.05, 4.69) is 16.9 Å². The number of hydrogen-bond donors (Lipinski definition) is 0. The van der Waals surface area contributed by atoms with Crippen LogP contribution >= 0.6 is 11.3 Å². The van der Waals surface area contributed by atoms with Crippen LogP contribution in [0.3, 0.4) is 0 Å². The van der Waals surface area contributed by atoms with E-state index in [-0.39, 0.29) is 12.2 Å². The molecule has 2 aromatic carbocycles. The maximum atomic E-state index is 13.4. The molecular weight excluding hydrogens is 454 g/mol. The molecule has 1 aliphatic heterocycles. The molecule has 0 aliphatic carbocycles. The van der Waals surface area contributed by atoms with Crippen molar-refractivity contribution in [2.75, 3.05) is 13.1 Å². The molecular formula is C25H31N3O3S2. The first-order valence-electron chi connectivity index (χ1n) is 11.4. The molecule has 1 aromatic heterocycles. The van der Waals surface area contributed by atoms with E-state index in [1.807, 2.05) is 56.3 Å². The summed E-state index contributed by atoms with van der Waals surface area (Å²) in [6, 6.07) is 17.2. The van der Waals surface area contributed by atoms with Crippen molar-refractivity contribution in [3.05, 3.63) is 64.8 Å². The summed E-state index contributed by atoms with van der Waals surface area (Å²) in [5.74, 6) is 0. The number of morpholine rings is 1. The van der Waals surface area contributed by atoms with E-state index in [0.717, 1.165) is 41.1 Å². The Bertz CT molecular complexity index is 1240. The number of benzene rings is 2. The van der Waals surface area contributed by atoms with Crippen LogP contribution in [-0.4, -0.2) is 42.6 Å². The second-order valence-corrected chi connectivity index (χ2v) is 11.2. The molecule has 6 nitrogen and oxygen atoms in total. The molecule has 0 bridgehead atoms. The molecule has 1 aliphatic rings. The van der Waals surface area contributed by atoms with Crippen LogP contribution in [0.25, 0.3) is 11.3 Å². The highest BCUT2D eigenvalue weighted by atomic mass is 32.2. The summed E-state index contributed by atoms with van der Waals surface area (Å²) in [5, 5.41) is 2.07. The summed E-state index contributed by atoms with van der Waals surface area (Å²) in [5.41, 5.74) is 2.78. The molecule has 0 spiro atoms. The molecule has 8 heteroatoms. The van der Waals surface area contributed by atoms with Crippen molar-refractivity contribution in [2.24, 2.45) is 4.99 Å². The van der Waals surface area contributed by atoms with E-state index in [1.165, 1.54) is 0 Å². The van der Waals surface area contributed by atoms with E-state index in [4.69, 9.17) is 9.73 Å². The van der Waals surface area contributed by atoms with Crippen LogP contribution in [0, 0.1) is 0 Å². The third-order valence-corrected chi connectivity index (χ3v) is 8.36. The van der Waals surface area contributed by atoms with Crippen LogP contribution in [0.5, 0.6) is 0 Å². The van der Waals surface area contributed by atoms with Crippen LogP contribution < -0.4 is 4.80 Å². The Kier molecular flexibility index (Phi) is 7.48. The first-order chi connectivity index (χ1) is 15.9. The number of sulfonamides is 1. The lowest BCUT2D eigenvalue weighted by Crippen LogP contribution is -2.48. The van der Waals surface area contributed by atoms with Crippen molar-refractivity contribution >= 4 is 27.0 Å². The van der Waals surface area contributed by atoms with Gasteiger partial charge < -0.3 is 9.30 Å². The molecule has 4 rings (SSSR count). The molecule has 0 N–H and O–H groups in total.